The van der Waals surface area contributed by atoms with Crippen LogP contribution in [-0.4, -0.2) is 35.1 Å². The van der Waals surface area contributed by atoms with Gasteiger partial charge in [0.1, 0.15) is 5.82 Å². The zero-order chi connectivity index (χ0) is 17.5. The molecule has 24 heavy (non-hydrogen) atoms. The summed E-state index contributed by atoms with van der Waals surface area (Å²) in [6, 6.07) is 7.18. The maximum absolute atomic E-state index is 11.8. The molecule has 0 aliphatic heterocycles. The average molecular weight is 329 g/mol. The number of benzene rings is 1. The van der Waals surface area contributed by atoms with Crippen LogP contribution in [0.3, 0.4) is 0 Å². The monoisotopic (exact) mass is 329 g/mol. The summed E-state index contributed by atoms with van der Waals surface area (Å²) in [5.41, 5.74) is 1.73. The number of imidazole rings is 1. The first kappa shape index (κ1) is 17.5. The van der Waals surface area contributed by atoms with Gasteiger partial charge in [0.15, 0.2) is 0 Å². The highest BCUT2D eigenvalue weighted by Crippen LogP contribution is 2.16. The van der Waals surface area contributed by atoms with Crippen molar-refractivity contribution in [3.8, 4) is 0 Å². The van der Waals surface area contributed by atoms with Gasteiger partial charge in [-0.1, -0.05) is 26.0 Å². The van der Waals surface area contributed by atoms with Gasteiger partial charge in [0.05, 0.1) is 6.54 Å². The summed E-state index contributed by atoms with van der Waals surface area (Å²) in [7, 11) is 1.52. The predicted molar refractivity (Wildman–Crippen MR) is 92.9 cm³/mol. The van der Waals surface area contributed by atoms with Gasteiger partial charge in [0, 0.05) is 37.6 Å². The zero-order valence-electron chi connectivity index (χ0n) is 14.2. The fraction of sp³-hybridized carbons (Fsp3) is 0.353. The summed E-state index contributed by atoms with van der Waals surface area (Å²) in [4.78, 5) is 27.3. The normalized spacial score (nSPS) is 10.5. The number of urea groups is 1. The highest BCUT2D eigenvalue weighted by atomic mass is 16.2. The quantitative estimate of drug-likeness (QED) is 0.756. The van der Waals surface area contributed by atoms with Crippen LogP contribution in [0, 0.1) is 0 Å². The second kappa shape index (κ2) is 8.14. The minimum absolute atomic E-state index is 0.0607. The average Bonchev–Trinajstić information content (AvgIpc) is 3.01. The Morgan fingerprint density at radius 3 is 2.79 bits per heavy atom. The Balaban J connectivity index is 1.99. The van der Waals surface area contributed by atoms with E-state index < -0.39 is 6.03 Å². The van der Waals surface area contributed by atoms with Crippen LogP contribution >= 0.6 is 0 Å². The van der Waals surface area contributed by atoms with E-state index in [9.17, 15) is 9.59 Å². The van der Waals surface area contributed by atoms with Crippen LogP contribution < -0.4 is 16.0 Å². The molecule has 2 aromatic rings. The first-order valence-electron chi connectivity index (χ1n) is 7.85. The Morgan fingerprint density at radius 2 is 2.08 bits per heavy atom. The molecule has 128 valence electrons. The summed E-state index contributed by atoms with van der Waals surface area (Å²) in [5.74, 6) is 1.12. The third-order valence-electron chi connectivity index (χ3n) is 3.49. The molecule has 0 spiro atoms. The molecular formula is C17H23N5O2. The van der Waals surface area contributed by atoms with E-state index in [-0.39, 0.29) is 12.5 Å². The van der Waals surface area contributed by atoms with Crippen molar-refractivity contribution in [2.75, 3.05) is 18.9 Å². The number of carbonyl (C=O) groups is 2. The molecule has 0 fully saturated rings. The molecular weight excluding hydrogens is 306 g/mol. The molecule has 7 heteroatoms. The SMILES string of the molecule is CNC(=O)CNC(=O)Nc1cccc(Cn2ccnc2C(C)C)c1. The highest BCUT2D eigenvalue weighted by Gasteiger charge is 2.08. The van der Waals surface area contributed by atoms with E-state index >= 15 is 0 Å². The lowest BCUT2D eigenvalue weighted by Crippen LogP contribution is -2.37. The number of aromatic nitrogens is 2. The summed E-state index contributed by atoms with van der Waals surface area (Å²) >= 11 is 0. The number of rotatable bonds is 6. The number of nitrogens with zero attached hydrogens (tertiary/aromatic N) is 2. The standard InChI is InChI=1S/C17H23N5O2/c1-12(2)16-19-7-8-22(16)11-13-5-4-6-14(9-13)21-17(24)20-10-15(23)18-3/h4-9,12H,10-11H2,1-3H3,(H,18,23)(H2,20,21,24). The topological polar surface area (TPSA) is 88.0 Å². The molecule has 0 radical (unpaired) electrons. The van der Waals surface area contributed by atoms with Gasteiger partial charge in [0.25, 0.3) is 0 Å². The molecule has 0 bridgehead atoms. The lowest BCUT2D eigenvalue weighted by molar-refractivity contribution is -0.119. The minimum Gasteiger partial charge on any atom is -0.358 e. The number of anilines is 1. The van der Waals surface area contributed by atoms with E-state index in [2.05, 4.69) is 39.3 Å². The van der Waals surface area contributed by atoms with Crippen LogP contribution in [0.4, 0.5) is 10.5 Å². The molecule has 1 heterocycles. The second-order valence-electron chi connectivity index (χ2n) is 5.75. The molecule has 0 unspecified atom stereocenters. The van der Waals surface area contributed by atoms with Gasteiger partial charge in [-0.15, -0.1) is 0 Å². The van der Waals surface area contributed by atoms with E-state index in [1.165, 1.54) is 7.05 Å². The largest absolute Gasteiger partial charge is 0.358 e. The van der Waals surface area contributed by atoms with Gasteiger partial charge < -0.3 is 20.5 Å². The van der Waals surface area contributed by atoms with Crippen LogP contribution in [0.2, 0.25) is 0 Å². The van der Waals surface area contributed by atoms with Gasteiger partial charge in [-0.05, 0) is 17.7 Å². The smallest absolute Gasteiger partial charge is 0.319 e. The Hall–Kier alpha value is -2.83. The maximum atomic E-state index is 11.8. The maximum Gasteiger partial charge on any atom is 0.319 e. The molecule has 3 N–H and O–H groups in total. The summed E-state index contributed by atoms with van der Waals surface area (Å²) in [5, 5.41) is 7.66. The van der Waals surface area contributed by atoms with E-state index in [1.54, 1.807) is 12.3 Å². The van der Waals surface area contributed by atoms with Gasteiger partial charge >= 0.3 is 6.03 Å². The molecule has 3 amide bonds. The third kappa shape index (κ3) is 4.84. The highest BCUT2D eigenvalue weighted by molar-refractivity contribution is 5.92. The molecule has 1 aromatic heterocycles. The number of hydrogen-bond donors (Lipinski definition) is 3. The summed E-state index contributed by atoms with van der Waals surface area (Å²) in [6.45, 7) is 4.83. The van der Waals surface area contributed by atoms with E-state index in [0.717, 1.165) is 11.4 Å². The van der Waals surface area contributed by atoms with Crippen LogP contribution in [0.25, 0.3) is 0 Å². The summed E-state index contributed by atoms with van der Waals surface area (Å²) < 4.78 is 2.09. The van der Waals surface area contributed by atoms with Crippen molar-refractivity contribution >= 4 is 17.6 Å². The lowest BCUT2D eigenvalue weighted by Gasteiger charge is -2.12. The van der Waals surface area contributed by atoms with Gasteiger partial charge in [-0.3, -0.25) is 4.79 Å². The van der Waals surface area contributed by atoms with Crippen LogP contribution in [0.15, 0.2) is 36.7 Å². The molecule has 0 saturated carbocycles. The third-order valence-corrected chi connectivity index (χ3v) is 3.49. The Labute approximate surface area is 141 Å². The number of amides is 3. The van der Waals surface area contributed by atoms with Crippen LogP contribution in [0.5, 0.6) is 0 Å². The van der Waals surface area contributed by atoms with Crippen LogP contribution in [-0.2, 0) is 11.3 Å². The molecule has 0 aliphatic rings. The van der Waals surface area contributed by atoms with E-state index in [4.69, 9.17) is 0 Å². The van der Waals surface area contributed by atoms with Crippen molar-refractivity contribution in [1.82, 2.24) is 20.2 Å². The molecule has 0 aliphatic carbocycles. The molecule has 0 saturated heterocycles. The predicted octanol–water partition coefficient (Wildman–Crippen LogP) is 1.92. The molecule has 1 aromatic carbocycles. The molecule has 2 rings (SSSR count). The van der Waals surface area contributed by atoms with E-state index in [1.807, 2.05) is 24.4 Å². The molecule has 7 nitrogen and oxygen atoms in total. The first-order chi connectivity index (χ1) is 11.5. The van der Waals surface area contributed by atoms with Crippen LogP contribution in [0.1, 0.15) is 31.2 Å². The first-order valence-corrected chi connectivity index (χ1v) is 7.85. The number of carbonyl (C=O) groups excluding carboxylic acids is 2. The van der Waals surface area contributed by atoms with Crippen molar-refractivity contribution in [3.63, 3.8) is 0 Å². The van der Waals surface area contributed by atoms with Gasteiger partial charge in [-0.25, -0.2) is 9.78 Å². The van der Waals surface area contributed by atoms with Crippen molar-refractivity contribution in [1.29, 1.82) is 0 Å². The van der Waals surface area contributed by atoms with Crippen molar-refractivity contribution < 1.29 is 9.59 Å². The number of nitrogens with one attached hydrogen (secondary N) is 3. The lowest BCUT2D eigenvalue weighted by atomic mass is 10.1. The Kier molecular flexibility index (Phi) is 5.95. The van der Waals surface area contributed by atoms with Gasteiger partial charge in [-0.2, -0.15) is 0 Å². The summed E-state index contributed by atoms with van der Waals surface area (Å²) in [6.07, 6.45) is 3.75. The fourth-order valence-electron chi connectivity index (χ4n) is 2.32. The van der Waals surface area contributed by atoms with E-state index in [0.29, 0.717) is 18.2 Å². The van der Waals surface area contributed by atoms with Crippen molar-refractivity contribution in [2.45, 2.75) is 26.3 Å². The number of hydrogen-bond acceptors (Lipinski definition) is 3. The molecule has 0 atom stereocenters. The van der Waals surface area contributed by atoms with Crippen molar-refractivity contribution in [2.24, 2.45) is 0 Å². The fourth-order valence-corrected chi connectivity index (χ4v) is 2.32. The van der Waals surface area contributed by atoms with Gasteiger partial charge in [0.2, 0.25) is 5.91 Å². The Bertz CT molecular complexity index is 709. The second-order valence-corrected chi connectivity index (χ2v) is 5.75. The zero-order valence-corrected chi connectivity index (χ0v) is 14.2. The van der Waals surface area contributed by atoms with Crippen molar-refractivity contribution in [3.05, 3.63) is 48.0 Å². The minimum atomic E-state index is -0.416. The Morgan fingerprint density at radius 1 is 1.29 bits per heavy atom. The number of likely N-dealkylation sites (N-methyl/N-ethyl adjacent to an activating group) is 1.